The minimum absolute atomic E-state index is 0.203. The van der Waals surface area contributed by atoms with Gasteiger partial charge in [-0.1, -0.05) is 15.9 Å². The fraction of sp³-hybridized carbons (Fsp3) is 0.571. The first-order valence-electron chi connectivity index (χ1n) is 7.13. The van der Waals surface area contributed by atoms with E-state index in [1.165, 1.54) is 0 Å². The molecule has 0 amide bonds. The highest BCUT2D eigenvalue weighted by Crippen LogP contribution is 2.25. The first-order valence-corrected chi connectivity index (χ1v) is 10.2. The van der Waals surface area contributed by atoms with Crippen molar-refractivity contribution in [2.45, 2.75) is 30.3 Å². The summed E-state index contributed by atoms with van der Waals surface area (Å²) in [6.45, 7) is 2.26. The zero-order valence-electron chi connectivity index (χ0n) is 12.1. The van der Waals surface area contributed by atoms with E-state index >= 15 is 0 Å². The number of sulfonamides is 1. The van der Waals surface area contributed by atoms with E-state index in [0.717, 1.165) is 23.9 Å². The summed E-state index contributed by atoms with van der Waals surface area (Å²) in [5.41, 5.74) is 0. The van der Waals surface area contributed by atoms with Gasteiger partial charge < -0.3 is 9.47 Å². The summed E-state index contributed by atoms with van der Waals surface area (Å²) in [5, 5.41) is 0. The topological polar surface area (TPSA) is 64.6 Å². The van der Waals surface area contributed by atoms with Crippen LogP contribution in [0.15, 0.2) is 32.0 Å². The molecule has 1 saturated heterocycles. The van der Waals surface area contributed by atoms with Crippen molar-refractivity contribution in [2.24, 2.45) is 0 Å². The fourth-order valence-electron chi connectivity index (χ4n) is 2.13. The molecule has 0 bridgehead atoms. The highest BCUT2D eigenvalue weighted by atomic mass is 79.9. The van der Waals surface area contributed by atoms with E-state index in [2.05, 4.69) is 36.6 Å². The van der Waals surface area contributed by atoms with Crippen LogP contribution >= 0.6 is 31.9 Å². The molecule has 1 fully saturated rings. The van der Waals surface area contributed by atoms with Crippen LogP contribution in [0.5, 0.6) is 0 Å². The van der Waals surface area contributed by atoms with Crippen molar-refractivity contribution in [2.75, 3.05) is 26.4 Å². The summed E-state index contributed by atoms with van der Waals surface area (Å²) in [4.78, 5) is 0.224. The van der Waals surface area contributed by atoms with Crippen molar-refractivity contribution in [1.29, 1.82) is 0 Å². The second-order valence-electron chi connectivity index (χ2n) is 5.04. The lowest BCUT2D eigenvalue weighted by atomic mass is 10.2. The van der Waals surface area contributed by atoms with Crippen molar-refractivity contribution in [1.82, 2.24) is 4.72 Å². The third-order valence-electron chi connectivity index (χ3n) is 3.27. The van der Waals surface area contributed by atoms with E-state index in [-0.39, 0.29) is 11.0 Å². The number of nitrogens with one attached hydrogen (secondary N) is 1. The summed E-state index contributed by atoms with van der Waals surface area (Å²) in [6, 6.07) is 5.05. The maximum absolute atomic E-state index is 12.2. The van der Waals surface area contributed by atoms with Crippen LogP contribution in [0.1, 0.15) is 19.3 Å². The first kappa shape index (κ1) is 18.4. The molecule has 1 N–H and O–H groups in total. The van der Waals surface area contributed by atoms with Crippen molar-refractivity contribution in [3.8, 4) is 0 Å². The minimum Gasteiger partial charge on any atom is -0.379 e. The number of rotatable bonds is 8. The molecular weight excluding hydrogens is 438 g/mol. The normalized spacial score (nSPS) is 18.7. The maximum atomic E-state index is 12.2. The number of hydrogen-bond acceptors (Lipinski definition) is 4. The SMILES string of the molecule is O=S(=O)(NCCCOC[C@H]1CCCO1)c1cc(Br)ccc1Br. The van der Waals surface area contributed by atoms with Gasteiger partial charge in [0.15, 0.2) is 0 Å². The van der Waals surface area contributed by atoms with E-state index in [0.29, 0.717) is 30.7 Å². The molecular formula is C14H19Br2NO4S. The molecule has 2 rings (SSSR count). The Kier molecular flexibility index (Phi) is 7.30. The van der Waals surface area contributed by atoms with Crippen LogP contribution in [0.4, 0.5) is 0 Å². The third kappa shape index (κ3) is 5.58. The van der Waals surface area contributed by atoms with Gasteiger partial charge in [-0.25, -0.2) is 13.1 Å². The van der Waals surface area contributed by atoms with Gasteiger partial charge in [-0.3, -0.25) is 0 Å². The van der Waals surface area contributed by atoms with Crippen LogP contribution < -0.4 is 4.72 Å². The third-order valence-corrected chi connectivity index (χ3v) is 6.22. The summed E-state index contributed by atoms with van der Waals surface area (Å²) in [7, 11) is -3.52. The Morgan fingerprint density at radius 3 is 2.91 bits per heavy atom. The largest absolute Gasteiger partial charge is 0.379 e. The molecule has 124 valence electrons. The van der Waals surface area contributed by atoms with Gasteiger partial charge in [-0.2, -0.15) is 0 Å². The number of halogens is 2. The molecule has 1 aromatic carbocycles. The standard InChI is InChI=1S/C14H19Br2NO4S/c15-11-4-5-13(16)14(9-11)22(18,19)17-6-2-7-20-10-12-3-1-8-21-12/h4-5,9,12,17H,1-3,6-8,10H2/t12-/m1/s1. The van der Waals surface area contributed by atoms with Crippen LogP contribution in [0.3, 0.4) is 0 Å². The molecule has 1 aliphatic heterocycles. The molecule has 1 atom stereocenters. The van der Waals surface area contributed by atoms with Gasteiger partial charge in [-0.15, -0.1) is 0 Å². The van der Waals surface area contributed by atoms with Crippen molar-refractivity contribution < 1.29 is 17.9 Å². The van der Waals surface area contributed by atoms with E-state index in [9.17, 15) is 8.42 Å². The second-order valence-corrected chi connectivity index (χ2v) is 8.54. The smallest absolute Gasteiger partial charge is 0.241 e. The van der Waals surface area contributed by atoms with Gasteiger partial charge in [0.25, 0.3) is 0 Å². The molecule has 1 aromatic rings. The average molecular weight is 457 g/mol. The molecule has 0 spiro atoms. The Balaban J connectivity index is 1.72. The first-order chi connectivity index (χ1) is 10.5. The van der Waals surface area contributed by atoms with Crippen LogP contribution in [0, 0.1) is 0 Å². The molecule has 1 heterocycles. The molecule has 22 heavy (non-hydrogen) atoms. The second kappa shape index (κ2) is 8.75. The van der Waals surface area contributed by atoms with Gasteiger partial charge in [0.05, 0.1) is 17.6 Å². The summed E-state index contributed by atoms with van der Waals surface area (Å²) in [5.74, 6) is 0. The number of benzene rings is 1. The van der Waals surface area contributed by atoms with E-state index in [1.54, 1.807) is 18.2 Å². The lowest BCUT2D eigenvalue weighted by Gasteiger charge is -2.11. The Labute approximate surface area is 148 Å². The lowest BCUT2D eigenvalue weighted by Crippen LogP contribution is -2.26. The zero-order chi connectivity index (χ0) is 16.0. The van der Waals surface area contributed by atoms with Crippen LogP contribution in [0.2, 0.25) is 0 Å². The van der Waals surface area contributed by atoms with Gasteiger partial charge >= 0.3 is 0 Å². The Morgan fingerprint density at radius 2 is 2.18 bits per heavy atom. The summed E-state index contributed by atoms with van der Waals surface area (Å²) >= 11 is 6.54. The maximum Gasteiger partial charge on any atom is 0.241 e. The molecule has 0 aromatic heterocycles. The Hall–Kier alpha value is 0.01000. The van der Waals surface area contributed by atoms with Gasteiger partial charge in [0, 0.05) is 28.7 Å². The predicted octanol–water partition coefficient (Wildman–Crippen LogP) is 3.08. The quantitative estimate of drug-likeness (QED) is 0.610. The molecule has 0 unspecified atom stereocenters. The average Bonchev–Trinajstić information content (AvgIpc) is 2.98. The van der Waals surface area contributed by atoms with Gasteiger partial charge in [0.1, 0.15) is 0 Å². The van der Waals surface area contributed by atoms with Gasteiger partial charge in [0.2, 0.25) is 10.0 Å². The van der Waals surface area contributed by atoms with Crippen LogP contribution in [0.25, 0.3) is 0 Å². The monoisotopic (exact) mass is 455 g/mol. The highest BCUT2D eigenvalue weighted by molar-refractivity contribution is 9.11. The highest BCUT2D eigenvalue weighted by Gasteiger charge is 2.18. The predicted molar refractivity (Wildman–Crippen MR) is 91.4 cm³/mol. The van der Waals surface area contributed by atoms with E-state index < -0.39 is 10.0 Å². The molecule has 0 radical (unpaired) electrons. The molecule has 5 nitrogen and oxygen atoms in total. The molecule has 0 saturated carbocycles. The fourth-order valence-corrected chi connectivity index (χ4v) is 4.71. The van der Waals surface area contributed by atoms with Crippen molar-refractivity contribution in [3.05, 3.63) is 27.1 Å². The Morgan fingerprint density at radius 1 is 1.36 bits per heavy atom. The van der Waals surface area contributed by atoms with Gasteiger partial charge in [-0.05, 0) is 53.4 Å². The van der Waals surface area contributed by atoms with E-state index in [1.807, 2.05) is 0 Å². The van der Waals surface area contributed by atoms with Crippen molar-refractivity contribution >= 4 is 41.9 Å². The van der Waals surface area contributed by atoms with E-state index in [4.69, 9.17) is 9.47 Å². The number of hydrogen-bond donors (Lipinski definition) is 1. The minimum atomic E-state index is -3.52. The molecule has 1 aliphatic rings. The lowest BCUT2D eigenvalue weighted by molar-refractivity contribution is 0.0169. The molecule has 0 aliphatic carbocycles. The zero-order valence-corrected chi connectivity index (χ0v) is 16.0. The Bertz CT molecular complexity index is 589. The van der Waals surface area contributed by atoms with Crippen LogP contribution in [-0.2, 0) is 19.5 Å². The number of ether oxygens (including phenoxy) is 2. The molecule has 8 heteroatoms. The van der Waals surface area contributed by atoms with Crippen molar-refractivity contribution in [3.63, 3.8) is 0 Å². The summed E-state index contributed by atoms with van der Waals surface area (Å²) in [6.07, 6.45) is 2.96. The summed E-state index contributed by atoms with van der Waals surface area (Å²) < 4.78 is 39.2. The van der Waals surface area contributed by atoms with Crippen LogP contribution in [-0.4, -0.2) is 40.9 Å².